The van der Waals surface area contributed by atoms with Gasteiger partial charge in [0.2, 0.25) is 0 Å². The molecule has 7 aromatic rings. The molecule has 0 bridgehead atoms. The zero-order valence-electron chi connectivity index (χ0n) is 38.1. The molecular formula is C53H50N6O8Si. The highest BCUT2D eigenvalue weighted by atomic mass is 28.3. The van der Waals surface area contributed by atoms with E-state index in [1.165, 1.54) is 12.1 Å². The van der Waals surface area contributed by atoms with Crippen LogP contribution in [0.2, 0.25) is 18.6 Å². The highest BCUT2D eigenvalue weighted by molar-refractivity contribution is 6.91. The summed E-state index contributed by atoms with van der Waals surface area (Å²) in [6.07, 6.45) is 1.85. The maximum atomic E-state index is 15.6. The highest BCUT2D eigenvalue weighted by Crippen LogP contribution is 2.60. The van der Waals surface area contributed by atoms with E-state index >= 15 is 4.79 Å². The van der Waals surface area contributed by atoms with Crippen LogP contribution in [0.3, 0.4) is 0 Å². The van der Waals surface area contributed by atoms with Gasteiger partial charge in [-0.25, -0.2) is 0 Å². The van der Waals surface area contributed by atoms with Crippen LogP contribution in [0, 0.1) is 16.0 Å². The molecular weight excluding hydrogens is 877 g/mol. The van der Waals surface area contributed by atoms with Crippen LogP contribution in [0.5, 0.6) is 17.2 Å². The summed E-state index contributed by atoms with van der Waals surface area (Å²) >= 11 is 0. The standard InChI is InChI=1S/C53H50N6O8Si/c1-34-50(68(3,4)40-25-23-39(65-2)24-26-40)49(28-29-56-32-44(54-55-56)42(33-60)36-12-6-5-7-13-36)67-53(34)43-30-38(59(63)64)22-27-45(43)57(52(53)62)31-35-18-20-37(21-19-35)58-46-15-9-11-17-48(46)66-47-16-10-8-14-41(47)51(58)61/h5-27,30,32,34,42,49-50,60H,28-29,31,33H2,1-4H3/t34-,42?,49+,50-,53+/m1/s1. The number of nitro benzene ring substituents is 1. The number of aromatic nitrogens is 3. The first-order valence-electron chi connectivity index (χ1n) is 22.7. The third-order valence-electron chi connectivity index (χ3n) is 14.2. The second-order valence-electron chi connectivity index (χ2n) is 18.2. The van der Waals surface area contributed by atoms with Crippen molar-refractivity contribution in [1.29, 1.82) is 0 Å². The number of fused-ring (bicyclic) bond motifs is 4. The normalized spacial score (nSPS) is 20.1. The van der Waals surface area contributed by atoms with Gasteiger partial charge in [0.1, 0.15) is 11.5 Å². The Morgan fingerprint density at radius 1 is 0.868 bits per heavy atom. The number of hydrogen-bond donors (Lipinski definition) is 1. The molecule has 3 aliphatic rings. The average Bonchev–Trinajstić information content (AvgIpc) is 3.99. The van der Waals surface area contributed by atoms with Crippen molar-refractivity contribution in [2.45, 2.75) is 62.7 Å². The third-order valence-corrected chi connectivity index (χ3v) is 18.5. The topological polar surface area (TPSA) is 162 Å². The Balaban J connectivity index is 0.997. The van der Waals surface area contributed by atoms with Crippen molar-refractivity contribution in [2.75, 3.05) is 23.5 Å². The number of carbonyl (C=O) groups excluding carboxylic acids is 2. The zero-order valence-corrected chi connectivity index (χ0v) is 39.1. The summed E-state index contributed by atoms with van der Waals surface area (Å²) in [5.74, 6) is 0.440. The monoisotopic (exact) mass is 926 g/mol. The van der Waals surface area contributed by atoms with E-state index in [1.54, 1.807) is 45.9 Å². The Kier molecular flexibility index (Phi) is 11.5. The maximum Gasteiger partial charge on any atom is 0.269 e. The number of aryl methyl sites for hydroxylation is 1. The number of non-ortho nitro benzene ring substituents is 1. The predicted octanol–water partition coefficient (Wildman–Crippen LogP) is 9.26. The summed E-state index contributed by atoms with van der Waals surface area (Å²) in [4.78, 5) is 45.1. The molecule has 1 saturated heterocycles. The maximum absolute atomic E-state index is 15.6. The molecule has 14 nitrogen and oxygen atoms in total. The van der Waals surface area contributed by atoms with Crippen molar-refractivity contribution >= 4 is 47.8 Å². The van der Waals surface area contributed by atoms with Crippen LogP contribution >= 0.6 is 0 Å². The number of methoxy groups -OCH3 is 1. The number of nitrogens with zero attached hydrogens (tertiary/aromatic N) is 6. The SMILES string of the molecule is COc1ccc([Si](C)(C)[C@H]2[C@H](CCn3cc(C(CO)c4ccccc4)nn3)O[C@@]3(C(=O)N(Cc4ccc(N5C(=O)c6ccccc6Oc6ccccc65)cc4)c4ccc([N+](=O)[O-])cc43)[C@@H]2C)cc1. The Labute approximate surface area is 394 Å². The van der Waals surface area contributed by atoms with Crippen LogP contribution in [0.4, 0.5) is 22.7 Å². The first kappa shape index (κ1) is 44.4. The Morgan fingerprint density at radius 3 is 2.29 bits per heavy atom. The largest absolute Gasteiger partial charge is 0.497 e. The lowest BCUT2D eigenvalue weighted by Crippen LogP contribution is -2.51. The second-order valence-corrected chi connectivity index (χ2v) is 22.9. The van der Waals surface area contributed by atoms with Crippen molar-refractivity contribution in [3.8, 4) is 17.2 Å². The second kappa shape index (κ2) is 17.6. The number of amides is 2. The predicted molar refractivity (Wildman–Crippen MR) is 260 cm³/mol. The zero-order chi connectivity index (χ0) is 47.3. The number of aliphatic hydroxyl groups is 1. The third kappa shape index (κ3) is 7.52. The average molecular weight is 927 g/mol. The Hall–Kier alpha value is -7.46. The molecule has 3 aliphatic heterocycles. The molecule has 0 aliphatic carbocycles. The van der Waals surface area contributed by atoms with Crippen LogP contribution in [0.15, 0.2) is 152 Å². The number of ether oxygens (including phenoxy) is 3. The van der Waals surface area contributed by atoms with Gasteiger partial charge in [-0.15, -0.1) is 5.10 Å². The van der Waals surface area contributed by atoms with Crippen molar-refractivity contribution in [1.82, 2.24) is 15.0 Å². The molecule has 6 aromatic carbocycles. The molecule has 1 fully saturated rings. The molecule has 10 rings (SSSR count). The van der Waals surface area contributed by atoms with Gasteiger partial charge in [-0.3, -0.25) is 29.3 Å². The van der Waals surface area contributed by atoms with Crippen LogP contribution in [0.1, 0.15) is 52.0 Å². The summed E-state index contributed by atoms with van der Waals surface area (Å²) in [5, 5.41) is 32.9. The first-order chi connectivity index (χ1) is 32.9. The number of benzene rings is 6. The molecule has 15 heteroatoms. The minimum absolute atomic E-state index is 0.135. The molecule has 0 radical (unpaired) electrons. The molecule has 4 heterocycles. The van der Waals surface area contributed by atoms with Crippen molar-refractivity contribution in [3.63, 3.8) is 0 Å². The van der Waals surface area contributed by atoms with Crippen molar-refractivity contribution < 1.29 is 33.8 Å². The first-order valence-corrected chi connectivity index (χ1v) is 25.8. The quantitative estimate of drug-likeness (QED) is 0.0670. The van der Waals surface area contributed by atoms with E-state index in [0.717, 1.165) is 22.1 Å². The minimum atomic E-state index is -2.57. The lowest BCUT2D eigenvalue weighted by atomic mass is 9.82. The summed E-state index contributed by atoms with van der Waals surface area (Å²) < 4.78 is 20.8. The minimum Gasteiger partial charge on any atom is -0.497 e. The van der Waals surface area contributed by atoms with Crippen LogP contribution < -0.4 is 24.5 Å². The number of aliphatic hydroxyl groups excluding tert-OH is 1. The Bertz CT molecular complexity index is 3040. The number of anilines is 3. The van der Waals surface area contributed by atoms with Crippen LogP contribution in [-0.2, 0) is 28.2 Å². The van der Waals surface area contributed by atoms with Crippen molar-refractivity contribution in [3.05, 3.63) is 190 Å². The summed E-state index contributed by atoms with van der Waals surface area (Å²) in [6.45, 7) is 7.04. The molecule has 5 atom stereocenters. The number of para-hydroxylation sites is 3. The van der Waals surface area contributed by atoms with Gasteiger partial charge in [0.05, 0.1) is 67.9 Å². The van der Waals surface area contributed by atoms with E-state index < -0.39 is 30.6 Å². The van der Waals surface area contributed by atoms with Crippen LogP contribution in [-0.4, -0.2) is 64.7 Å². The van der Waals surface area contributed by atoms with Gasteiger partial charge < -0.3 is 24.2 Å². The Morgan fingerprint density at radius 2 is 1.57 bits per heavy atom. The molecule has 1 N–H and O–H groups in total. The molecule has 1 unspecified atom stereocenters. The summed E-state index contributed by atoms with van der Waals surface area (Å²) in [6, 6.07) is 44.4. The number of hydrogen-bond acceptors (Lipinski definition) is 10. The number of rotatable bonds is 13. The van der Waals surface area contributed by atoms with Gasteiger partial charge in [0.25, 0.3) is 17.5 Å². The van der Waals surface area contributed by atoms with Gasteiger partial charge in [-0.2, -0.15) is 0 Å². The molecule has 0 saturated carbocycles. The number of carbonyl (C=O) groups is 2. The molecule has 68 heavy (non-hydrogen) atoms. The van der Waals surface area contributed by atoms with Gasteiger partial charge in [-0.1, -0.05) is 109 Å². The van der Waals surface area contributed by atoms with E-state index in [0.29, 0.717) is 58.3 Å². The fourth-order valence-electron chi connectivity index (χ4n) is 10.7. The molecule has 1 aromatic heterocycles. The highest BCUT2D eigenvalue weighted by Gasteiger charge is 2.66. The van der Waals surface area contributed by atoms with Gasteiger partial charge >= 0.3 is 0 Å². The summed E-state index contributed by atoms with van der Waals surface area (Å²) in [5.41, 5.74) is 3.16. The number of nitro groups is 1. The fraction of sp³-hybridized carbons (Fsp3) is 0.245. The van der Waals surface area contributed by atoms with E-state index in [-0.39, 0.29) is 42.1 Å². The van der Waals surface area contributed by atoms with E-state index in [9.17, 15) is 20.0 Å². The van der Waals surface area contributed by atoms with Gasteiger partial charge in [0.15, 0.2) is 11.4 Å². The van der Waals surface area contributed by atoms with Gasteiger partial charge in [0, 0.05) is 42.0 Å². The molecule has 1 spiro atoms. The smallest absolute Gasteiger partial charge is 0.269 e. The van der Waals surface area contributed by atoms with Gasteiger partial charge in [-0.05, 0) is 77.7 Å². The fourth-order valence-corrected chi connectivity index (χ4v) is 14.8. The molecule has 344 valence electrons. The lowest BCUT2D eigenvalue weighted by molar-refractivity contribution is -0.385. The molecule has 2 amide bonds. The lowest BCUT2D eigenvalue weighted by Gasteiger charge is -2.37. The van der Waals surface area contributed by atoms with E-state index in [1.807, 2.05) is 103 Å². The van der Waals surface area contributed by atoms with E-state index in [4.69, 9.17) is 14.2 Å². The van der Waals surface area contributed by atoms with Crippen molar-refractivity contribution in [2.24, 2.45) is 5.92 Å². The summed E-state index contributed by atoms with van der Waals surface area (Å²) in [7, 11) is -0.935. The van der Waals surface area contributed by atoms with Crippen LogP contribution in [0.25, 0.3) is 0 Å². The van der Waals surface area contributed by atoms with E-state index in [2.05, 4.69) is 42.5 Å².